The highest BCUT2D eigenvalue weighted by Crippen LogP contribution is 2.28. The fraction of sp³-hybridized carbons (Fsp3) is 0.158. The van der Waals surface area contributed by atoms with Crippen molar-refractivity contribution in [3.8, 4) is 11.3 Å². The third kappa shape index (κ3) is 2.82. The van der Waals surface area contributed by atoms with E-state index in [-0.39, 0.29) is 5.95 Å². The summed E-state index contributed by atoms with van der Waals surface area (Å²) >= 11 is 0. The smallest absolute Gasteiger partial charge is 0.220 e. The van der Waals surface area contributed by atoms with Gasteiger partial charge in [0.2, 0.25) is 5.95 Å². The van der Waals surface area contributed by atoms with Crippen molar-refractivity contribution in [1.82, 2.24) is 20.1 Å². The van der Waals surface area contributed by atoms with E-state index in [1.54, 1.807) is 0 Å². The van der Waals surface area contributed by atoms with Crippen LogP contribution in [0.15, 0.2) is 47.0 Å². The number of anilines is 1. The van der Waals surface area contributed by atoms with Crippen LogP contribution in [0.1, 0.15) is 22.7 Å². The van der Waals surface area contributed by atoms with Gasteiger partial charge < -0.3 is 10.3 Å². The van der Waals surface area contributed by atoms with E-state index in [4.69, 9.17) is 15.2 Å². The molecule has 0 amide bonds. The standard InChI is InChI=1S/C19H17N5O/c1-11-17(12(2)25-24-11)14-8-9-15-18(21-14)16(23-19(20)22-15)10-13-6-4-3-5-7-13/h3-9H,10H2,1-2H3,(H2,20,22,23). The predicted octanol–water partition coefficient (Wildman–Crippen LogP) is 3.47. The summed E-state index contributed by atoms with van der Waals surface area (Å²) in [5.74, 6) is 0.996. The van der Waals surface area contributed by atoms with Gasteiger partial charge in [-0.05, 0) is 31.5 Å². The molecule has 0 aliphatic heterocycles. The van der Waals surface area contributed by atoms with Gasteiger partial charge in [0.1, 0.15) is 11.3 Å². The summed E-state index contributed by atoms with van der Waals surface area (Å²) in [7, 11) is 0. The van der Waals surface area contributed by atoms with E-state index in [0.717, 1.165) is 45.0 Å². The van der Waals surface area contributed by atoms with Crippen LogP contribution in [-0.4, -0.2) is 20.1 Å². The Hall–Kier alpha value is -3.28. The lowest BCUT2D eigenvalue weighted by atomic mass is 10.1. The van der Waals surface area contributed by atoms with E-state index in [9.17, 15) is 0 Å². The monoisotopic (exact) mass is 331 g/mol. The minimum atomic E-state index is 0.255. The number of rotatable bonds is 3. The van der Waals surface area contributed by atoms with E-state index >= 15 is 0 Å². The summed E-state index contributed by atoms with van der Waals surface area (Å²) in [6.07, 6.45) is 0.641. The molecular formula is C19H17N5O. The Bertz CT molecular complexity index is 1040. The van der Waals surface area contributed by atoms with Gasteiger partial charge in [-0.3, -0.25) is 0 Å². The Labute approximate surface area is 144 Å². The summed E-state index contributed by atoms with van der Waals surface area (Å²) in [5.41, 5.74) is 11.8. The van der Waals surface area contributed by atoms with E-state index in [0.29, 0.717) is 6.42 Å². The van der Waals surface area contributed by atoms with E-state index < -0.39 is 0 Å². The third-order valence-corrected chi connectivity index (χ3v) is 4.14. The van der Waals surface area contributed by atoms with Crippen LogP contribution in [0, 0.1) is 13.8 Å². The molecule has 0 aliphatic rings. The van der Waals surface area contributed by atoms with Crippen molar-refractivity contribution in [1.29, 1.82) is 0 Å². The summed E-state index contributed by atoms with van der Waals surface area (Å²) in [6.45, 7) is 3.79. The van der Waals surface area contributed by atoms with Crippen molar-refractivity contribution in [2.75, 3.05) is 5.73 Å². The van der Waals surface area contributed by atoms with Gasteiger partial charge >= 0.3 is 0 Å². The normalized spacial score (nSPS) is 11.1. The van der Waals surface area contributed by atoms with Crippen LogP contribution < -0.4 is 5.73 Å². The van der Waals surface area contributed by atoms with Gasteiger partial charge in [-0.2, -0.15) is 0 Å². The van der Waals surface area contributed by atoms with Crippen molar-refractivity contribution in [2.24, 2.45) is 0 Å². The van der Waals surface area contributed by atoms with Crippen LogP contribution in [0.4, 0.5) is 5.95 Å². The lowest BCUT2D eigenvalue weighted by molar-refractivity contribution is 0.393. The zero-order chi connectivity index (χ0) is 17.4. The largest absolute Gasteiger partial charge is 0.368 e. The molecular weight excluding hydrogens is 314 g/mol. The molecule has 0 aliphatic carbocycles. The number of nitrogens with two attached hydrogens (primary N) is 1. The zero-order valence-electron chi connectivity index (χ0n) is 14.0. The number of hydrogen-bond donors (Lipinski definition) is 1. The van der Waals surface area contributed by atoms with Gasteiger partial charge in [-0.25, -0.2) is 15.0 Å². The minimum absolute atomic E-state index is 0.255. The molecule has 0 fully saturated rings. The first-order valence-corrected chi connectivity index (χ1v) is 8.02. The Kier molecular flexibility index (Phi) is 3.65. The first kappa shape index (κ1) is 15.3. The summed E-state index contributed by atoms with van der Waals surface area (Å²) < 4.78 is 5.27. The van der Waals surface area contributed by atoms with Gasteiger partial charge in [-0.15, -0.1) is 0 Å². The number of nitrogens with zero attached hydrogens (tertiary/aromatic N) is 4. The predicted molar refractivity (Wildman–Crippen MR) is 96.0 cm³/mol. The first-order valence-electron chi connectivity index (χ1n) is 8.02. The number of benzene rings is 1. The molecule has 124 valence electrons. The Balaban J connectivity index is 1.88. The van der Waals surface area contributed by atoms with Crippen molar-refractivity contribution in [3.05, 3.63) is 65.2 Å². The maximum atomic E-state index is 5.88. The summed E-state index contributed by atoms with van der Waals surface area (Å²) in [5, 5.41) is 4.01. The number of nitrogen functional groups attached to an aromatic ring is 1. The highest BCUT2D eigenvalue weighted by Gasteiger charge is 2.15. The maximum absolute atomic E-state index is 5.88. The van der Waals surface area contributed by atoms with Crippen LogP contribution in [0.3, 0.4) is 0 Å². The maximum Gasteiger partial charge on any atom is 0.220 e. The average molecular weight is 331 g/mol. The second-order valence-electron chi connectivity index (χ2n) is 5.95. The molecule has 6 nitrogen and oxygen atoms in total. The number of aromatic nitrogens is 4. The van der Waals surface area contributed by atoms with Gasteiger partial charge in [-0.1, -0.05) is 35.5 Å². The molecule has 25 heavy (non-hydrogen) atoms. The molecule has 0 saturated heterocycles. The number of pyridine rings is 1. The van der Waals surface area contributed by atoms with Crippen LogP contribution in [0.5, 0.6) is 0 Å². The zero-order valence-corrected chi connectivity index (χ0v) is 14.0. The quantitative estimate of drug-likeness (QED) is 0.618. The lowest BCUT2D eigenvalue weighted by Crippen LogP contribution is -2.03. The summed E-state index contributed by atoms with van der Waals surface area (Å²) in [6, 6.07) is 13.9. The van der Waals surface area contributed by atoms with Crippen molar-refractivity contribution in [2.45, 2.75) is 20.3 Å². The molecule has 0 spiro atoms. The fourth-order valence-corrected chi connectivity index (χ4v) is 2.99. The highest BCUT2D eigenvalue weighted by atomic mass is 16.5. The molecule has 0 unspecified atom stereocenters. The first-order chi connectivity index (χ1) is 12.1. The highest BCUT2D eigenvalue weighted by molar-refractivity contribution is 5.81. The van der Waals surface area contributed by atoms with Crippen molar-refractivity contribution in [3.63, 3.8) is 0 Å². The van der Waals surface area contributed by atoms with Crippen LogP contribution in [0.2, 0.25) is 0 Å². The van der Waals surface area contributed by atoms with Gasteiger partial charge in [0.15, 0.2) is 0 Å². The Morgan fingerprint density at radius 2 is 1.76 bits per heavy atom. The van der Waals surface area contributed by atoms with E-state index in [1.165, 1.54) is 0 Å². The van der Waals surface area contributed by atoms with Crippen molar-refractivity contribution < 1.29 is 4.52 Å². The molecule has 3 aromatic heterocycles. The Morgan fingerprint density at radius 3 is 2.48 bits per heavy atom. The molecule has 3 heterocycles. The summed E-state index contributed by atoms with van der Waals surface area (Å²) in [4.78, 5) is 13.5. The molecule has 0 bridgehead atoms. The lowest BCUT2D eigenvalue weighted by Gasteiger charge is -2.08. The van der Waals surface area contributed by atoms with Gasteiger partial charge in [0.25, 0.3) is 0 Å². The fourth-order valence-electron chi connectivity index (χ4n) is 2.99. The molecule has 0 saturated carbocycles. The second-order valence-corrected chi connectivity index (χ2v) is 5.95. The van der Waals surface area contributed by atoms with Crippen molar-refractivity contribution >= 4 is 17.0 Å². The third-order valence-electron chi connectivity index (χ3n) is 4.14. The van der Waals surface area contributed by atoms with Crippen LogP contribution >= 0.6 is 0 Å². The SMILES string of the molecule is Cc1noc(C)c1-c1ccc2nc(N)nc(Cc3ccccc3)c2n1. The van der Waals surface area contributed by atoms with E-state index in [2.05, 4.69) is 27.3 Å². The topological polar surface area (TPSA) is 90.7 Å². The molecule has 4 rings (SSSR count). The number of aryl methyl sites for hydroxylation is 2. The van der Waals surface area contributed by atoms with Gasteiger partial charge in [0.05, 0.1) is 28.2 Å². The van der Waals surface area contributed by atoms with Gasteiger partial charge in [0, 0.05) is 6.42 Å². The molecule has 6 heteroatoms. The molecule has 2 N–H and O–H groups in total. The van der Waals surface area contributed by atoms with E-state index in [1.807, 2.05) is 44.2 Å². The molecule has 1 aromatic carbocycles. The molecule has 4 aromatic rings. The Morgan fingerprint density at radius 1 is 0.960 bits per heavy atom. The number of hydrogen-bond acceptors (Lipinski definition) is 6. The molecule has 0 radical (unpaired) electrons. The number of fused-ring (bicyclic) bond motifs is 1. The minimum Gasteiger partial charge on any atom is -0.368 e. The van der Waals surface area contributed by atoms with Crippen LogP contribution in [0.25, 0.3) is 22.3 Å². The van der Waals surface area contributed by atoms with Crippen LogP contribution in [-0.2, 0) is 6.42 Å². The average Bonchev–Trinajstić information content (AvgIpc) is 2.94. The molecule has 0 atom stereocenters. The second kappa shape index (κ2) is 5.98.